The van der Waals surface area contributed by atoms with E-state index in [2.05, 4.69) is 0 Å². The van der Waals surface area contributed by atoms with Crippen molar-refractivity contribution in [1.82, 2.24) is 4.72 Å². The van der Waals surface area contributed by atoms with Crippen LogP contribution in [0.2, 0.25) is 0 Å². The molecule has 0 saturated heterocycles. The van der Waals surface area contributed by atoms with Crippen LogP contribution in [0.4, 0.5) is 13.2 Å². The highest BCUT2D eigenvalue weighted by molar-refractivity contribution is 7.90. The molecule has 9 heteroatoms. The highest BCUT2D eigenvalue weighted by atomic mass is 32.2. The molecular formula is C8H12F3NO4S. The molecule has 100 valence electrons. The Bertz CT molecular complexity index is 399. The molecule has 0 unspecified atom stereocenters. The van der Waals surface area contributed by atoms with E-state index in [9.17, 15) is 26.4 Å². The van der Waals surface area contributed by atoms with Crippen LogP contribution in [0.5, 0.6) is 0 Å². The first-order valence-electron chi connectivity index (χ1n) is 4.86. The van der Waals surface area contributed by atoms with Crippen LogP contribution in [-0.4, -0.2) is 31.5 Å². The SMILES string of the molecule is O=C(O)CC1(CNS(=O)(=O)C(F)(F)F)CCC1. The summed E-state index contributed by atoms with van der Waals surface area (Å²) in [7, 11) is -5.39. The first kappa shape index (κ1) is 14.2. The van der Waals surface area contributed by atoms with E-state index in [1.165, 1.54) is 4.72 Å². The predicted molar refractivity (Wildman–Crippen MR) is 51.5 cm³/mol. The van der Waals surface area contributed by atoms with E-state index in [4.69, 9.17) is 5.11 Å². The molecule has 0 spiro atoms. The Labute approximate surface area is 96.1 Å². The van der Waals surface area contributed by atoms with E-state index in [-0.39, 0.29) is 6.42 Å². The smallest absolute Gasteiger partial charge is 0.481 e. The van der Waals surface area contributed by atoms with Crippen LogP contribution in [0.1, 0.15) is 25.7 Å². The van der Waals surface area contributed by atoms with Crippen molar-refractivity contribution in [3.05, 3.63) is 0 Å². The fraction of sp³-hybridized carbons (Fsp3) is 0.875. The van der Waals surface area contributed by atoms with Crippen LogP contribution in [-0.2, 0) is 14.8 Å². The molecule has 0 amide bonds. The highest BCUT2D eigenvalue weighted by Crippen LogP contribution is 2.43. The Morgan fingerprint density at radius 3 is 2.18 bits per heavy atom. The topological polar surface area (TPSA) is 83.5 Å². The molecule has 0 bridgehead atoms. The highest BCUT2D eigenvalue weighted by Gasteiger charge is 2.48. The first-order chi connectivity index (χ1) is 7.58. The number of carbonyl (C=O) groups is 1. The van der Waals surface area contributed by atoms with Gasteiger partial charge < -0.3 is 5.11 Å². The van der Waals surface area contributed by atoms with E-state index >= 15 is 0 Å². The van der Waals surface area contributed by atoms with Crippen molar-refractivity contribution in [3.8, 4) is 0 Å². The lowest BCUT2D eigenvalue weighted by Crippen LogP contribution is -2.46. The standard InChI is InChI=1S/C8H12F3NO4S/c9-8(10,11)17(15,16)12-5-7(2-1-3-7)4-6(13)14/h12H,1-5H2,(H,13,14). The summed E-state index contributed by atoms with van der Waals surface area (Å²) in [5, 5.41) is 8.60. The van der Waals surface area contributed by atoms with Crippen molar-refractivity contribution < 1.29 is 31.5 Å². The van der Waals surface area contributed by atoms with Gasteiger partial charge in [-0.15, -0.1) is 0 Å². The normalized spacial score (nSPS) is 19.7. The number of halogens is 3. The van der Waals surface area contributed by atoms with Crippen LogP contribution < -0.4 is 4.72 Å². The summed E-state index contributed by atoms with van der Waals surface area (Å²) in [5.41, 5.74) is -6.23. The molecule has 1 saturated carbocycles. The lowest BCUT2D eigenvalue weighted by molar-refractivity contribution is -0.141. The van der Waals surface area contributed by atoms with Gasteiger partial charge in [-0.1, -0.05) is 6.42 Å². The van der Waals surface area contributed by atoms with E-state index in [1.807, 2.05) is 0 Å². The van der Waals surface area contributed by atoms with Crippen LogP contribution in [0.3, 0.4) is 0 Å². The molecule has 0 atom stereocenters. The maximum atomic E-state index is 12.0. The fourth-order valence-corrected chi connectivity index (χ4v) is 2.40. The van der Waals surface area contributed by atoms with Gasteiger partial charge in [-0.25, -0.2) is 13.1 Å². The molecule has 2 N–H and O–H groups in total. The van der Waals surface area contributed by atoms with Crippen molar-refractivity contribution in [2.75, 3.05) is 6.54 Å². The number of rotatable bonds is 5. The summed E-state index contributed by atoms with van der Waals surface area (Å²) in [6.45, 7) is -0.485. The molecule has 1 aliphatic rings. The summed E-state index contributed by atoms with van der Waals surface area (Å²) < 4.78 is 59.0. The average Bonchev–Trinajstić information content (AvgIpc) is 2.07. The van der Waals surface area contributed by atoms with E-state index in [0.29, 0.717) is 19.3 Å². The zero-order valence-electron chi connectivity index (χ0n) is 8.75. The molecule has 1 rings (SSSR count). The minimum Gasteiger partial charge on any atom is -0.481 e. The van der Waals surface area contributed by atoms with E-state index < -0.39 is 33.5 Å². The van der Waals surface area contributed by atoms with Crippen molar-refractivity contribution in [1.29, 1.82) is 0 Å². The number of sulfonamides is 1. The third-order valence-electron chi connectivity index (χ3n) is 2.88. The molecule has 0 aromatic carbocycles. The molecule has 0 aliphatic heterocycles. The van der Waals surface area contributed by atoms with E-state index in [0.717, 1.165) is 0 Å². The molecule has 0 aromatic rings. The number of hydrogen-bond acceptors (Lipinski definition) is 3. The Hall–Kier alpha value is -0.830. The van der Waals surface area contributed by atoms with Crippen LogP contribution >= 0.6 is 0 Å². The maximum absolute atomic E-state index is 12.0. The third kappa shape index (κ3) is 3.32. The first-order valence-corrected chi connectivity index (χ1v) is 6.34. The third-order valence-corrected chi connectivity index (χ3v) is 4.02. The molecule has 1 aliphatic carbocycles. The summed E-state index contributed by atoms with van der Waals surface area (Å²) in [5.74, 6) is -1.14. The largest absolute Gasteiger partial charge is 0.511 e. The number of carboxylic acids is 1. The predicted octanol–water partition coefficient (Wildman–Crippen LogP) is 1.07. The Balaban J connectivity index is 2.63. The zero-order valence-corrected chi connectivity index (χ0v) is 9.57. The summed E-state index contributed by atoms with van der Waals surface area (Å²) in [4.78, 5) is 10.5. The molecule has 0 aromatic heterocycles. The van der Waals surface area contributed by atoms with Crippen molar-refractivity contribution >= 4 is 16.0 Å². The number of carboxylic acid groups (broad SMARTS) is 1. The van der Waals surface area contributed by atoms with Gasteiger partial charge in [0.2, 0.25) is 0 Å². The van der Waals surface area contributed by atoms with Gasteiger partial charge in [-0.3, -0.25) is 4.79 Å². The fourth-order valence-electron chi connectivity index (χ4n) is 1.74. The molecule has 1 fully saturated rings. The number of alkyl halides is 3. The van der Waals surface area contributed by atoms with Gasteiger partial charge in [-0.05, 0) is 18.3 Å². The Kier molecular flexibility index (Phi) is 3.72. The summed E-state index contributed by atoms with van der Waals surface area (Å²) in [6, 6.07) is 0. The lowest BCUT2D eigenvalue weighted by Gasteiger charge is -2.40. The van der Waals surface area contributed by atoms with Gasteiger partial charge in [0.1, 0.15) is 0 Å². The van der Waals surface area contributed by atoms with Crippen molar-refractivity contribution in [3.63, 3.8) is 0 Å². The van der Waals surface area contributed by atoms with Gasteiger partial charge in [0, 0.05) is 6.54 Å². The van der Waals surface area contributed by atoms with Gasteiger partial charge in [-0.2, -0.15) is 13.2 Å². The van der Waals surface area contributed by atoms with Crippen molar-refractivity contribution in [2.24, 2.45) is 5.41 Å². The van der Waals surface area contributed by atoms with Crippen LogP contribution in [0.25, 0.3) is 0 Å². The van der Waals surface area contributed by atoms with Gasteiger partial charge in [0.05, 0.1) is 6.42 Å². The average molecular weight is 275 g/mol. The molecule has 5 nitrogen and oxygen atoms in total. The van der Waals surface area contributed by atoms with Gasteiger partial charge >= 0.3 is 21.5 Å². The number of nitrogens with one attached hydrogen (secondary N) is 1. The second-order valence-corrected chi connectivity index (χ2v) is 5.95. The lowest BCUT2D eigenvalue weighted by atomic mass is 9.67. The minimum absolute atomic E-state index is 0.326. The Morgan fingerprint density at radius 1 is 1.35 bits per heavy atom. The molecule has 0 heterocycles. The second kappa shape index (κ2) is 4.45. The maximum Gasteiger partial charge on any atom is 0.511 e. The van der Waals surface area contributed by atoms with Gasteiger partial charge in [0.25, 0.3) is 0 Å². The number of hydrogen-bond donors (Lipinski definition) is 2. The molecule has 17 heavy (non-hydrogen) atoms. The monoisotopic (exact) mass is 275 g/mol. The minimum atomic E-state index is -5.39. The van der Waals surface area contributed by atoms with Gasteiger partial charge in [0.15, 0.2) is 0 Å². The zero-order chi connectivity index (χ0) is 13.3. The Morgan fingerprint density at radius 2 is 1.88 bits per heavy atom. The number of aliphatic carboxylic acids is 1. The summed E-state index contributed by atoms with van der Waals surface area (Å²) >= 11 is 0. The quantitative estimate of drug-likeness (QED) is 0.786. The van der Waals surface area contributed by atoms with Crippen LogP contribution in [0, 0.1) is 5.41 Å². The molecular weight excluding hydrogens is 263 g/mol. The molecule has 0 radical (unpaired) electrons. The van der Waals surface area contributed by atoms with Crippen molar-refractivity contribution in [2.45, 2.75) is 31.2 Å². The summed E-state index contributed by atoms with van der Waals surface area (Å²) in [6.07, 6.45) is 1.20. The van der Waals surface area contributed by atoms with E-state index in [1.54, 1.807) is 0 Å². The second-order valence-electron chi connectivity index (χ2n) is 4.19. The van der Waals surface area contributed by atoms with Crippen LogP contribution in [0.15, 0.2) is 0 Å².